The van der Waals surface area contributed by atoms with Gasteiger partial charge in [0.2, 0.25) is 0 Å². The van der Waals surface area contributed by atoms with Gasteiger partial charge in [0.15, 0.2) is 0 Å². The van der Waals surface area contributed by atoms with Gasteiger partial charge in [-0.3, -0.25) is 4.79 Å². The molecule has 0 amide bonds. The first-order valence-corrected chi connectivity index (χ1v) is 8.32. The zero-order valence-corrected chi connectivity index (χ0v) is 16.4. The number of unbranched alkanes of at least 4 members (excludes halogenated alkanes) is 7. The van der Waals surface area contributed by atoms with Crippen LogP contribution >= 0.6 is 0 Å². The van der Waals surface area contributed by atoms with Crippen LogP contribution in [0.1, 0.15) is 79.0 Å². The monoisotopic (exact) mass is 324 g/mol. The van der Waals surface area contributed by atoms with Crippen molar-refractivity contribution in [2.24, 2.45) is 11.5 Å². The van der Waals surface area contributed by atoms with E-state index in [1.54, 1.807) is 0 Å². The summed E-state index contributed by atoms with van der Waals surface area (Å²) in [7, 11) is 0. The molecule has 22 heavy (non-hydrogen) atoms. The molecule has 0 aliphatic heterocycles. The van der Waals surface area contributed by atoms with Crippen LogP contribution < -0.4 is 41.0 Å². The van der Waals surface area contributed by atoms with E-state index in [1.807, 2.05) is 0 Å². The second-order valence-electron chi connectivity index (χ2n) is 5.56. The van der Waals surface area contributed by atoms with Gasteiger partial charge in [-0.2, -0.15) is 0 Å². The number of esters is 2. The molecule has 0 aromatic heterocycles. The molecule has 0 bridgehead atoms. The van der Waals surface area contributed by atoms with Crippen LogP contribution in [0, 0.1) is 0 Å². The first kappa shape index (κ1) is 24.3. The SMILES string of the molecule is CCCCCCCCCC(=O)OC(=O)[C@@H](N)CCCCN.[H-].[Na+]. The summed E-state index contributed by atoms with van der Waals surface area (Å²) in [5.74, 6) is -1.07. The minimum Gasteiger partial charge on any atom is -1.00 e. The fraction of sp³-hybridized carbons (Fsp3) is 0.875. The maximum absolute atomic E-state index is 11.6. The molecule has 5 nitrogen and oxygen atoms in total. The Morgan fingerprint density at radius 1 is 1.00 bits per heavy atom. The predicted molar refractivity (Wildman–Crippen MR) is 85.7 cm³/mol. The van der Waals surface area contributed by atoms with E-state index >= 15 is 0 Å². The van der Waals surface area contributed by atoms with Crippen molar-refractivity contribution in [2.45, 2.75) is 83.6 Å². The van der Waals surface area contributed by atoms with Crippen LogP contribution in [-0.4, -0.2) is 24.5 Å². The van der Waals surface area contributed by atoms with Crippen LogP contribution in [0.2, 0.25) is 0 Å². The summed E-state index contributed by atoms with van der Waals surface area (Å²) in [5.41, 5.74) is 11.0. The summed E-state index contributed by atoms with van der Waals surface area (Å²) in [6.07, 6.45) is 10.3. The molecule has 0 fully saturated rings. The number of rotatable bonds is 13. The number of nitrogens with two attached hydrogens (primary N) is 2. The molecule has 0 spiro atoms. The second-order valence-corrected chi connectivity index (χ2v) is 5.56. The third-order valence-electron chi connectivity index (χ3n) is 3.47. The van der Waals surface area contributed by atoms with Crippen molar-refractivity contribution in [2.75, 3.05) is 6.54 Å². The molecule has 0 aromatic carbocycles. The minimum absolute atomic E-state index is 0. The number of carbonyl (C=O) groups excluding carboxylic acids is 2. The zero-order valence-electron chi connectivity index (χ0n) is 15.4. The molecule has 0 aliphatic carbocycles. The Morgan fingerprint density at radius 3 is 2.18 bits per heavy atom. The third-order valence-corrected chi connectivity index (χ3v) is 3.47. The summed E-state index contributed by atoms with van der Waals surface area (Å²) < 4.78 is 4.75. The fourth-order valence-corrected chi connectivity index (χ4v) is 2.09. The molecule has 0 radical (unpaired) electrons. The molecule has 6 heteroatoms. The fourth-order valence-electron chi connectivity index (χ4n) is 2.09. The quantitative estimate of drug-likeness (QED) is 0.211. The van der Waals surface area contributed by atoms with Crippen molar-refractivity contribution in [3.63, 3.8) is 0 Å². The first-order chi connectivity index (χ1) is 10.1. The van der Waals surface area contributed by atoms with E-state index in [9.17, 15) is 9.59 Å². The van der Waals surface area contributed by atoms with Gasteiger partial charge in [0.1, 0.15) is 6.04 Å². The van der Waals surface area contributed by atoms with Crippen molar-refractivity contribution in [3.8, 4) is 0 Å². The number of hydrogen-bond acceptors (Lipinski definition) is 5. The average molecular weight is 324 g/mol. The predicted octanol–water partition coefficient (Wildman–Crippen LogP) is -0.230. The van der Waals surface area contributed by atoms with E-state index in [1.165, 1.54) is 25.7 Å². The molecule has 0 aliphatic rings. The Labute approximate surface area is 158 Å². The Morgan fingerprint density at radius 2 is 1.59 bits per heavy atom. The Balaban J connectivity index is -0.00000200. The number of hydrogen-bond donors (Lipinski definition) is 2. The van der Waals surface area contributed by atoms with Gasteiger partial charge in [-0.1, -0.05) is 51.9 Å². The first-order valence-electron chi connectivity index (χ1n) is 8.32. The van der Waals surface area contributed by atoms with Gasteiger partial charge in [-0.15, -0.1) is 0 Å². The molecule has 1 atom stereocenters. The van der Waals surface area contributed by atoms with Gasteiger partial charge in [0, 0.05) is 6.42 Å². The molecular weight excluding hydrogens is 291 g/mol. The van der Waals surface area contributed by atoms with E-state index in [4.69, 9.17) is 16.2 Å². The van der Waals surface area contributed by atoms with E-state index < -0.39 is 18.0 Å². The van der Waals surface area contributed by atoms with E-state index in [0.717, 1.165) is 32.1 Å². The molecule has 0 unspecified atom stereocenters. The normalized spacial score (nSPS) is 11.6. The number of carbonyl (C=O) groups is 2. The summed E-state index contributed by atoms with van der Waals surface area (Å²) in [6.45, 7) is 2.77. The molecule has 0 aromatic rings. The summed E-state index contributed by atoms with van der Waals surface area (Å²) in [4.78, 5) is 23.1. The van der Waals surface area contributed by atoms with Gasteiger partial charge in [0.25, 0.3) is 0 Å². The van der Waals surface area contributed by atoms with Crippen LogP contribution in [0.5, 0.6) is 0 Å². The van der Waals surface area contributed by atoms with E-state index in [0.29, 0.717) is 19.4 Å². The standard InChI is InChI=1S/C16H32N2O3.Na.H/c1-2-3-4-5-6-7-8-12-15(19)21-16(20)14(18)11-9-10-13-17;;/h14H,2-13,17-18H2,1H3;;/q;+1;-1/t14-;;/m0../s1. The molecule has 126 valence electrons. The van der Waals surface area contributed by atoms with Crippen molar-refractivity contribution in [1.29, 1.82) is 0 Å². The van der Waals surface area contributed by atoms with Crippen LogP contribution in [0.3, 0.4) is 0 Å². The van der Waals surface area contributed by atoms with Crippen LogP contribution in [0.15, 0.2) is 0 Å². The summed E-state index contributed by atoms with van der Waals surface area (Å²) in [6, 6.07) is -0.713. The van der Waals surface area contributed by atoms with Crippen molar-refractivity contribution in [1.82, 2.24) is 0 Å². The van der Waals surface area contributed by atoms with E-state index in [2.05, 4.69) is 6.92 Å². The van der Waals surface area contributed by atoms with Gasteiger partial charge in [-0.05, 0) is 25.8 Å². The maximum Gasteiger partial charge on any atom is 1.00 e. The average Bonchev–Trinajstić information content (AvgIpc) is 2.46. The third kappa shape index (κ3) is 15.0. The molecule has 4 N–H and O–H groups in total. The second kappa shape index (κ2) is 17.4. The van der Waals surface area contributed by atoms with Gasteiger partial charge in [-0.25, -0.2) is 4.79 Å². The molecule has 0 saturated heterocycles. The summed E-state index contributed by atoms with van der Waals surface area (Å²) >= 11 is 0. The topological polar surface area (TPSA) is 95.4 Å². The maximum atomic E-state index is 11.6. The van der Waals surface area contributed by atoms with Crippen molar-refractivity contribution >= 4 is 11.9 Å². The van der Waals surface area contributed by atoms with Gasteiger partial charge >= 0.3 is 41.5 Å². The Kier molecular flexibility index (Phi) is 19.2. The van der Waals surface area contributed by atoms with Gasteiger partial charge < -0.3 is 17.6 Å². The van der Waals surface area contributed by atoms with E-state index in [-0.39, 0.29) is 31.0 Å². The molecule has 0 heterocycles. The Bertz CT molecular complexity index is 294. The van der Waals surface area contributed by atoms with Gasteiger partial charge in [0.05, 0.1) is 0 Å². The van der Waals surface area contributed by atoms with Crippen LogP contribution in [0.4, 0.5) is 0 Å². The molecule has 0 rings (SSSR count). The smallest absolute Gasteiger partial charge is 1.00 e. The Hall–Kier alpha value is 0.0600. The van der Waals surface area contributed by atoms with Crippen molar-refractivity contribution in [3.05, 3.63) is 0 Å². The van der Waals surface area contributed by atoms with Crippen molar-refractivity contribution < 1.29 is 45.3 Å². The molecule has 0 saturated carbocycles. The minimum atomic E-state index is -0.713. The number of ether oxygens (including phenoxy) is 1. The van der Waals surface area contributed by atoms with Crippen LogP contribution in [-0.2, 0) is 14.3 Å². The molecular formula is C16H33N2NaO3. The zero-order chi connectivity index (χ0) is 15.9. The van der Waals surface area contributed by atoms with Crippen LogP contribution in [0.25, 0.3) is 0 Å². The largest absolute Gasteiger partial charge is 1.00 e. The summed E-state index contributed by atoms with van der Waals surface area (Å²) in [5, 5.41) is 0.